The van der Waals surface area contributed by atoms with Gasteiger partial charge < -0.3 is 19.5 Å². The molecule has 0 heterocycles. The monoisotopic (exact) mass is 548 g/mol. The van der Waals surface area contributed by atoms with Crippen LogP contribution >= 0.6 is 15.9 Å². The number of ether oxygens (including phenoxy) is 3. The summed E-state index contributed by atoms with van der Waals surface area (Å²) in [5.41, 5.74) is 2.29. The lowest BCUT2D eigenvalue weighted by Gasteiger charge is -2.14. The van der Waals surface area contributed by atoms with Crippen LogP contribution in [0.1, 0.15) is 35.3 Å². The van der Waals surface area contributed by atoms with Crippen LogP contribution in [0, 0.1) is 11.3 Å². The SMILES string of the molecule is CCOC(=O)c1ccc(NC(=O)/C(C#N)=C/c2cc(OCC)c(OCc3ccccc3)cc2Br)cc1. The molecule has 0 fully saturated rings. The van der Waals surface area contributed by atoms with E-state index in [2.05, 4.69) is 21.2 Å². The Bertz CT molecular complexity index is 1280. The van der Waals surface area contributed by atoms with Crippen molar-refractivity contribution in [3.05, 3.63) is 93.5 Å². The van der Waals surface area contributed by atoms with E-state index in [1.165, 1.54) is 6.08 Å². The Morgan fingerprint density at radius 3 is 2.31 bits per heavy atom. The average Bonchev–Trinajstić information content (AvgIpc) is 2.89. The fraction of sp³-hybridized carbons (Fsp3) is 0.179. The van der Waals surface area contributed by atoms with Crippen LogP contribution in [0.4, 0.5) is 5.69 Å². The molecule has 0 atom stereocenters. The molecule has 3 rings (SSSR count). The highest BCUT2D eigenvalue weighted by Crippen LogP contribution is 2.35. The number of esters is 1. The Labute approximate surface area is 218 Å². The van der Waals surface area contributed by atoms with Gasteiger partial charge in [0.1, 0.15) is 18.2 Å². The topological polar surface area (TPSA) is 97.7 Å². The molecule has 0 saturated carbocycles. The first-order valence-electron chi connectivity index (χ1n) is 11.3. The highest BCUT2D eigenvalue weighted by molar-refractivity contribution is 9.10. The van der Waals surface area contributed by atoms with Crippen LogP contribution in [-0.4, -0.2) is 25.1 Å². The summed E-state index contributed by atoms with van der Waals surface area (Å²) in [7, 11) is 0. The van der Waals surface area contributed by atoms with Gasteiger partial charge in [-0.05, 0) is 67.4 Å². The molecule has 184 valence electrons. The fourth-order valence-corrected chi connectivity index (χ4v) is 3.62. The zero-order chi connectivity index (χ0) is 25.9. The maximum Gasteiger partial charge on any atom is 0.338 e. The summed E-state index contributed by atoms with van der Waals surface area (Å²) >= 11 is 3.50. The van der Waals surface area contributed by atoms with Gasteiger partial charge in [-0.15, -0.1) is 0 Å². The van der Waals surface area contributed by atoms with Gasteiger partial charge in [0.05, 0.1) is 18.8 Å². The number of nitrogens with one attached hydrogen (secondary N) is 1. The van der Waals surface area contributed by atoms with Crippen molar-refractivity contribution in [1.82, 2.24) is 0 Å². The third-order valence-electron chi connectivity index (χ3n) is 4.92. The van der Waals surface area contributed by atoms with E-state index in [9.17, 15) is 14.9 Å². The van der Waals surface area contributed by atoms with Crippen LogP contribution < -0.4 is 14.8 Å². The van der Waals surface area contributed by atoms with Crippen molar-refractivity contribution in [2.24, 2.45) is 0 Å². The number of nitriles is 1. The molecule has 3 aromatic rings. The van der Waals surface area contributed by atoms with Crippen LogP contribution in [0.15, 0.2) is 76.8 Å². The summed E-state index contributed by atoms with van der Waals surface area (Å²) in [6.07, 6.45) is 1.47. The van der Waals surface area contributed by atoms with Crippen molar-refractivity contribution < 1.29 is 23.8 Å². The number of hydrogen-bond donors (Lipinski definition) is 1. The third-order valence-corrected chi connectivity index (χ3v) is 5.61. The molecule has 1 N–H and O–H groups in total. The van der Waals surface area contributed by atoms with E-state index in [1.54, 1.807) is 43.3 Å². The summed E-state index contributed by atoms with van der Waals surface area (Å²) in [5.74, 6) is -0.000655. The van der Waals surface area contributed by atoms with Gasteiger partial charge >= 0.3 is 5.97 Å². The van der Waals surface area contributed by atoms with Crippen molar-refractivity contribution in [2.75, 3.05) is 18.5 Å². The molecule has 0 radical (unpaired) electrons. The van der Waals surface area contributed by atoms with E-state index in [0.29, 0.717) is 46.0 Å². The van der Waals surface area contributed by atoms with E-state index in [-0.39, 0.29) is 12.2 Å². The lowest BCUT2D eigenvalue weighted by Crippen LogP contribution is -2.13. The highest BCUT2D eigenvalue weighted by Gasteiger charge is 2.15. The normalized spacial score (nSPS) is 10.8. The van der Waals surface area contributed by atoms with Crippen LogP contribution in [0.25, 0.3) is 6.08 Å². The Kier molecular flexibility index (Phi) is 9.66. The molecule has 8 heteroatoms. The van der Waals surface area contributed by atoms with Gasteiger partial charge in [-0.2, -0.15) is 5.26 Å². The summed E-state index contributed by atoms with van der Waals surface area (Å²) in [5, 5.41) is 12.3. The smallest absolute Gasteiger partial charge is 0.338 e. The predicted molar refractivity (Wildman–Crippen MR) is 141 cm³/mol. The number of anilines is 1. The van der Waals surface area contributed by atoms with E-state index >= 15 is 0 Å². The maximum atomic E-state index is 12.8. The molecule has 0 aliphatic rings. The van der Waals surface area contributed by atoms with Crippen molar-refractivity contribution in [1.29, 1.82) is 5.26 Å². The standard InChI is InChI=1S/C28H25BrN2O5/c1-3-34-25-15-21(24(29)16-26(25)36-18-19-8-6-5-7-9-19)14-22(17-30)27(32)31-23-12-10-20(11-13-23)28(33)35-4-2/h5-16H,3-4,18H2,1-2H3,(H,31,32)/b22-14+. The number of carbonyl (C=O) groups is 2. The van der Waals surface area contributed by atoms with Gasteiger partial charge in [-0.3, -0.25) is 4.79 Å². The second-order valence-electron chi connectivity index (χ2n) is 7.45. The molecule has 3 aromatic carbocycles. The second kappa shape index (κ2) is 13.1. The minimum Gasteiger partial charge on any atom is -0.490 e. The number of hydrogen-bond acceptors (Lipinski definition) is 6. The van der Waals surface area contributed by atoms with Crippen LogP contribution in [0.3, 0.4) is 0 Å². The lowest BCUT2D eigenvalue weighted by molar-refractivity contribution is -0.112. The zero-order valence-corrected chi connectivity index (χ0v) is 21.5. The van der Waals surface area contributed by atoms with E-state index in [0.717, 1.165) is 5.56 Å². The molecular weight excluding hydrogens is 524 g/mol. The summed E-state index contributed by atoms with van der Waals surface area (Å²) in [4.78, 5) is 24.5. The zero-order valence-electron chi connectivity index (χ0n) is 19.9. The number of halogens is 1. The van der Waals surface area contributed by atoms with Gasteiger partial charge in [-0.25, -0.2) is 4.79 Å². The summed E-state index contributed by atoms with van der Waals surface area (Å²) < 4.78 is 17.3. The summed E-state index contributed by atoms with van der Waals surface area (Å²) in [6, 6.07) is 21.4. The first-order valence-corrected chi connectivity index (χ1v) is 12.1. The van der Waals surface area contributed by atoms with Crippen molar-refractivity contribution in [3.8, 4) is 17.6 Å². The molecule has 0 aromatic heterocycles. The quantitative estimate of drug-likeness (QED) is 0.185. The molecule has 7 nitrogen and oxygen atoms in total. The molecular formula is C28H25BrN2O5. The molecule has 0 saturated heterocycles. The minimum absolute atomic E-state index is 0.106. The molecule has 0 spiro atoms. The van der Waals surface area contributed by atoms with Gasteiger partial charge in [0.25, 0.3) is 5.91 Å². The molecule has 0 aliphatic carbocycles. The Hall–Kier alpha value is -4.09. The predicted octanol–water partition coefficient (Wildman–Crippen LogP) is 6.15. The first kappa shape index (κ1) is 26.5. The molecule has 0 aliphatic heterocycles. The van der Waals surface area contributed by atoms with Gasteiger partial charge in [0.15, 0.2) is 11.5 Å². The highest BCUT2D eigenvalue weighted by atomic mass is 79.9. The maximum absolute atomic E-state index is 12.8. The largest absolute Gasteiger partial charge is 0.490 e. The number of amides is 1. The average molecular weight is 549 g/mol. The number of nitrogens with zero attached hydrogens (tertiary/aromatic N) is 1. The summed E-state index contributed by atoms with van der Waals surface area (Å²) in [6.45, 7) is 4.64. The number of benzene rings is 3. The van der Waals surface area contributed by atoms with Crippen LogP contribution in [0.2, 0.25) is 0 Å². The van der Waals surface area contributed by atoms with E-state index in [4.69, 9.17) is 14.2 Å². The molecule has 0 unspecified atom stereocenters. The second-order valence-corrected chi connectivity index (χ2v) is 8.30. The van der Waals surface area contributed by atoms with Crippen LogP contribution in [0.5, 0.6) is 11.5 Å². The van der Waals surface area contributed by atoms with E-state index < -0.39 is 11.9 Å². The van der Waals surface area contributed by atoms with Crippen molar-refractivity contribution in [3.63, 3.8) is 0 Å². The van der Waals surface area contributed by atoms with Crippen molar-refractivity contribution in [2.45, 2.75) is 20.5 Å². The third kappa shape index (κ3) is 7.20. The molecule has 1 amide bonds. The van der Waals surface area contributed by atoms with Crippen molar-refractivity contribution >= 4 is 39.6 Å². The number of rotatable bonds is 10. The van der Waals surface area contributed by atoms with Gasteiger partial charge in [0, 0.05) is 10.2 Å². The Balaban J connectivity index is 1.79. The lowest BCUT2D eigenvalue weighted by atomic mass is 10.1. The fourth-order valence-electron chi connectivity index (χ4n) is 3.18. The Morgan fingerprint density at radius 2 is 1.67 bits per heavy atom. The molecule has 36 heavy (non-hydrogen) atoms. The Morgan fingerprint density at radius 1 is 0.972 bits per heavy atom. The van der Waals surface area contributed by atoms with Gasteiger partial charge in [-0.1, -0.05) is 46.3 Å². The first-order chi connectivity index (χ1) is 17.4. The minimum atomic E-state index is -0.587. The van der Waals surface area contributed by atoms with Crippen LogP contribution in [-0.2, 0) is 16.1 Å². The van der Waals surface area contributed by atoms with Gasteiger partial charge in [0.2, 0.25) is 0 Å². The number of carbonyl (C=O) groups excluding carboxylic acids is 2. The van der Waals surface area contributed by atoms with E-state index in [1.807, 2.05) is 43.3 Å². The molecule has 0 bridgehead atoms.